The molecule has 0 atom stereocenters. The van der Waals surface area contributed by atoms with E-state index in [1.807, 2.05) is 13.8 Å². The molecule has 1 aromatic heterocycles. The third-order valence-electron chi connectivity index (χ3n) is 2.58. The van der Waals surface area contributed by atoms with Crippen molar-refractivity contribution in [2.75, 3.05) is 0 Å². The Morgan fingerprint density at radius 3 is 2.61 bits per heavy atom. The maximum atomic E-state index is 11.0. The van der Waals surface area contributed by atoms with Crippen LogP contribution >= 0.6 is 11.6 Å². The fraction of sp³-hybridized carbons (Fsp3) is 0.250. The zero-order chi connectivity index (χ0) is 13.3. The molecule has 0 saturated heterocycles. The van der Waals surface area contributed by atoms with Crippen LogP contribution in [0.5, 0.6) is 0 Å². The van der Waals surface area contributed by atoms with Crippen LogP contribution in [0.15, 0.2) is 30.3 Å². The van der Waals surface area contributed by atoms with E-state index in [2.05, 4.69) is 5.10 Å². The summed E-state index contributed by atoms with van der Waals surface area (Å²) < 4.78 is 1.40. The summed E-state index contributed by atoms with van der Waals surface area (Å²) in [6.45, 7) is 3.98. The molecule has 18 heavy (non-hydrogen) atoms. The van der Waals surface area contributed by atoms with Crippen LogP contribution < -0.4 is 0 Å². The number of para-hydroxylation sites is 2. The van der Waals surface area contributed by atoms with E-state index in [9.17, 15) is 10.1 Å². The normalized spacial score (nSPS) is 10.9. The molecule has 0 bridgehead atoms. The molecule has 94 valence electrons. The van der Waals surface area contributed by atoms with Crippen LogP contribution in [0, 0.1) is 10.1 Å². The summed E-state index contributed by atoms with van der Waals surface area (Å²) in [7, 11) is 0. The van der Waals surface area contributed by atoms with Gasteiger partial charge >= 0.3 is 0 Å². The summed E-state index contributed by atoms with van der Waals surface area (Å²) in [6, 6.07) is 8.12. The van der Waals surface area contributed by atoms with Gasteiger partial charge in [0.2, 0.25) is 0 Å². The molecule has 0 aliphatic rings. The van der Waals surface area contributed by atoms with Gasteiger partial charge in [-0.3, -0.25) is 10.1 Å². The Morgan fingerprint density at radius 1 is 1.39 bits per heavy atom. The number of hydrogen-bond donors (Lipinski definition) is 0. The first-order valence-electron chi connectivity index (χ1n) is 5.50. The van der Waals surface area contributed by atoms with E-state index in [1.54, 1.807) is 24.3 Å². The number of nitro benzene ring substituents is 1. The molecule has 1 aromatic carbocycles. The maximum Gasteiger partial charge on any atom is 0.294 e. The molecule has 6 heteroatoms. The van der Waals surface area contributed by atoms with Crippen LogP contribution in [0.3, 0.4) is 0 Å². The molecule has 0 fully saturated rings. The van der Waals surface area contributed by atoms with E-state index < -0.39 is 4.92 Å². The van der Waals surface area contributed by atoms with Crippen molar-refractivity contribution in [1.82, 2.24) is 9.78 Å². The fourth-order valence-corrected chi connectivity index (χ4v) is 1.86. The van der Waals surface area contributed by atoms with Crippen molar-refractivity contribution < 1.29 is 4.92 Å². The zero-order valence-corrected chi connectivity index (χ0v) is 10.8. The Hall–Kier alpha value is -1.88. The lowest BCUT2D eigenvalue weighted by Crippen LogP contribution is -2.02. The highest BCUT2D eigenvalue weighted by Crippen LogP contribution is 2.27. The van der Waals surface area contributed by atoms with Crippen LogP contribution in [0.2, 0.25) is 5.15 Å². The first-order valence-corrected chi connectivity index (χ1v) is 5.87. The summed E-state index contributed by atoms with van der Waals surface area (Å²) >= 11 is 6.08. The first kappa shape index (κ1) is 12.6. The van der Waals surface area contributed by atoms with Gasteiger partial charge in [0.15, 0.2) is 0 Å². The predicted molar refractivity (Wildman–Crippen MR) is 69.3 cm³/mol. The van der Waals surface area contributed by atoms with Crippen molar-refractivity contribution in [3.8, 4) is 5.69 Å². The maximum absolute atomic E-state index is 11.0. The van der Waals surface area contributed by atoms with Gasteiger partial charge in [-0.25, -0.2) is 4.68 Å². The zero-order valence-electron chi connectivity index (χ0n) is 10.0. The molecule has 1 heterocycles. The van der Waals surface area contributed by atoms with Crippen LogP contribution in [-0.2, 0) is 0 Å². The van der Waals surface area contributed by atoms with Gasteiger partial charge in [-0.05, 0) is 18.1 Å². The quantitative estimate of drug-likeness (QED) is 0.630. The summed E-state index contributed by atoms with van der Waals surface area (Å²) in [5, 5.41) is 15.6. The monoisotopic (exact) mass is 265 g/mol. The van der Waals surface area contributed by atoms with Gasteiger partial charge in [-0.2, -0.15) is 5.10 Å². The summed E-state index contributed by atoms with van der Waals surface area (Å²) in [5.74, 6) is 0.214. The first-order chi connectivity index (χ1) is 8.50. The van der Waals surface area contributed by atoms with Gasteiger partial charge in [-0.15, -0.1) is 0 Å². The minimum absolute atomic E-state index is 0.0159. The average molecular weight is 266 g/mol. The highest BCUT2D eigenvalue weighted by Gasteiger charge is 2.18. The second-order valence-corrected chi connectivity index (χ2v) is 4.59. The molecule has 5 nitrogen and oxygen atoms in total. The van der Waals surface area contributed by atoms with E-state index in [1.165, 1.54) is 10.7 Å². The Morgan fingerprint density at radius 2 is 2.06 bits per heavy atom. The van der Waals surface area contributed by atoms with Crippen LogP contribution in [0.4, 0.5) is 5.69 Å². The Labute approximate surface area is 109 Å². The summed E-state index contributed by atoms with van der Waals surface area (Å²) in [6.07, 6.45) is 0. The lowest BCUT2D eigenvalue weighted by molar-refractivity contribution is -0.384. The van der Waals surface area contributed by atoms with E-state index in [0.29, 0.717) is 10.8 Å². The molecule has 0 unspecified atom stereocenters. The van der Waals surface area contributed by atoms with Crippen LogP contribution in [0.25, 0.3) is 5.69 Å². The number of hydrogen-bond acceptors (Lipinski definition) is 3. The van der Waals surface area contributed by atoms with Crippen LogP contribution in [0.1, 0.15) is 25.5 Å². The van der Waals surface area contributed by atoms with Gasteiger partial charge in [0, 0.05) is 6.07 Å². The largest absolute Gasteiger partial charge is 0.294 e. The number of rotatable bonds is 3. The highest BCUT2D eigenvalue weighted by atomic mass is 35.5. The number of nitro groups is 1. The number of benzene rings is 1. The third kappa shape index (κ3) is 2.22. The second kappa shape index (κ2) is 4.78. The van der Waals surface area contributed by atoms with E-state index in [4.69, 9.17) is 11.6 Å². The van der Waals surface area contributed by atoms with E-state index in [-0.39, 0.29) is 11.6 Å². The molecule has 0 amide bonds. The Kier molecular flexibility index (Phi) is 3.34. The van der Waals surface area contributed by atoms with E-state index in [0.717, 1.165) is 5.69 Å². The predicted octanol–water partition coefficient (Wildman–Crippen LogP) is 3.56. The van der Waals surface area contributed by atoms with E-state index >= 15 is 0 Å². The van der Waals surface area contributed by atoms with Crippen molar-refractivity contribution in [3.05, 3.63) is 51.3 Å². The molecule has 2 rings (SSSR count). The molecular formula is C12H12ClN3O2. The highest BCUT2D eigenvalue weighted by molar-refractivity contribution is 6.29. The lowest BCUT2D eigenvalue weighted by Gasteiger charge is -2.04. The van der Waals surface area contributed by atoms with Crippen molar-refractivity contribution in [2.24, 2.45) is 0 Å². The van der Waals surface area contributed by atoms with Crippen molar-refractivity contribution in [3.63, 3.8) is 0 Å². The minimum Gasteiger partial charge on any atom is -0.258 e. The molecule has 0 radical (unpaired) electrons. The van der Waals surface area contributed by atoms with Gasteiger partial charge in [0.25, 0.3) is 5.69 Å². The van der Waals surface area contributed by atoms with Crippen molar-refractivity contribution in [1.29, 1.82) is 0 Å². The smallest absolute Gasteiger partial charge is 0.258 e. The summed E-state index contributed by atoms with van der Waals surface area (Å²) in [4.78, 5) is 10.5. The topological polar surface area (TPSA) is 61.0 Å². The molecule has 0 N–H and O–H groups in total. The standard InChI is InChI=1S/C12H12ClN3O2/c1-8(2)9-7-12(13)15(14-9)10-5-3-4-6-11(10)16(17)18/h3-8H,1-2H3. The lowest BCUT2D eigenvalue weighted by atomic mass is 10.1. The van der Waals surface area contributed by atoms with Gasteiger partial charge in [0.1, 0.15) is 10.8 Å². The van der Waals surface area contributed by atoms with Gasteiger partial charge in [0.05, 0.1) is 10.6 Å². The molecule has 0 saturated carbocycles. The van der Waals surface area contributed by atoms with Crippen molar-refractivity contribution >= 4 is 17.3 Å². The molecule has 0 aliphatic heterocycles. The van der Waals surface area contributed by atoms with Crippen LogP contribution in [-0.4, -0.2) is 14.7 Å². The second-order valence-electron chi connectivity index (χ2n) is 4.20. The number of aromatic nitrogens is 2. The van der Waals surface area contributed by atoms with Gasteiger partial charge in [-0.1, -0.05) is 37.6 Å². The SMILES string of the molecule is CC(C)c1cc(Cl)n(-c2ccccc2[N+](=O)[O-])n1. The average Bonchev–Trinajstić information content (AvgIpc) is 2.71. The molecule has 0 aliphatic carbocycles. The third-order valence-corrected chi connectivity index (χ3v) is 2.85. The number of halogens is 1. The number of nitrogens with zero attached hydrogens (tertiary/aromatic N) is 3. The molecule has 2 aromatic rings. The summed E-state index contributed by atoms with van der Waals surface area (Å²) in [5.41, 5.74) is 1.16. The Balaban J connectivity index is 2.58. The van der Waals surface area contributed by atoms with Crippen molar-refractivity contribution in [2.45, 2.75) is 19.8 Å². The minimum atomic E-state index is -0.442. The molecule has 0 spiro atoms. The van der Waals surface area contributed by atoms with Gasteiger partial charge < -0.3 is 0 Å². The molecular weight excluding hydrogens is 254 g/mol. The Bertz CT molecular complexity index is 593. The fourth-order valence-electron chi connectivity index (χ4n) is 1.62.